The fourth-order valence-corrected chi connectivity index (χ4v) is 4.15. The Labute approximate surface area is 217 Å². The van der Waals surface area contributed by atoms with Gasteiger partial charge in [-0.2, -0.15) is 0 Å². The van der Waals surface area contributed by atoms with Crippen LogP contribution >= 0.6 is 0 Å². The normalized spacial score (nSPS) is 10.8. The minimum atomic E-state index is -4.25. The molecule has 0 fully saturated rings. The number of carbonyl (C=O) groups excluding carboxylic acids is 4. The molecule has 2 aromatic carbocycles. The smallest absolute Gasteiger partial charge is 0.325 e. The van der Waals surface area contributed by atoms with Crippen molar-refractivity contribution in [2.45, 2.75) is 11.3 Å². The standard InChI is InChI=1S/C25H23FN4O7S/c1-37-22(31)15-29-25(34)21-10-7-18(14-28-21)24(33)30-38(35,36)20-4-2-3-16(13-20)11-12-27-23(32)17-5-8-19(26)9-6-17/h2-10,13-14H,11-12,15H2,1H3,(H,27,32)(H,29,34)(H,30,33). The van der Waals surface area contributed by atoms with Gasteiger partial charge in [-0.25, -0.2) is 17.5 Å². The van der Waals surface area contributed by atoms with Gasteiger partial charge in [0.2, 0.25) is 0 Å². The van der Waals surface area contributed by atoms with E-state index in [0.29, 0.717) is 12.0 Å². The molecule has 1 aromatic heterocycles. The predicted octanol–water partition coefficient (Wildman–Crippen LogP) is 1.21. The van der Waals surface area contributed by atoms with Crippen LogP contribution in [-0.2, 0) is 26.0 Å². The van der Waals surface area contributed by atoms with E-state index in [1.807, 2.05) is 4.72 Å². The molecule has 0 aliphatic carbocycles. The fourth-order valence-electron chi connectivity index (χ4n) is 3.11. The molecule has 0 aliphatic heterocycles. The summed E-state index contributed by atoms with van der Waals surface area (Å²) in [5, 5.41) is 4.95. The van der Waals surface area contributed by atoms with E-state index in [1.165, 1.54) is 61.7 Å². The number of amides is 3. The number of hydrogen-bond acceptors (Lipinski definition) is 8. The average Bonchev–Trinajstić information content (AvgIpc) is 2.91. The zero-order chi connectivity index (χ0) is 27.7. The largest absolute Gasteiger partial charge is 0.468 e. The van der Waals surface area contributed by atoms with Crippen LogP contribution in [0, 0.1) is 5.82 Å². The quantitative estimate of drug-likeness (QED) is 0.322. The maximum absolute atomic E-state index is 13.0. The maximum atomic E-state index is 13.0. The number of rotatable bonds is 10. The van der Waals surface area contributed by atoms with Crippen LogP contribution in [0.1, 0.15) is 36.8 Å². The minimum Gasteiger partial charge on any atom is -0.468 e. The van der Waals surface area contributed by atoms with E-state index in [1.54, 1.807) is 6.07 Å². The number of ether oxygens (including phenoxy) is 1. The molecule has 3 N–H and O–H groups in total. The van der Waals surface area contributed by atoms with E-state index in [4.69, 9.17) is 0 Å². The number of nitrogens with zero attached hydrogens (tertiary/aromatic N) is 1. The molecular formula is C25H23FN4O7S. The van der Waals surface area contributed by atoms with E-state index in [9.17, 15) is 32.0 Å². The zero-order valence-electron chi connectivity index (χ0n) is 20.1. The maximum Gasteiger partial charge on any atom is 0.325 e. The molecule has 11 nitrogen and oxygen atoms in total. The third kappa shape index (κ3) is 7.67. The molecule has 0 atom stereocenters. The lowest BCUT2D eigenvalue weighted by Crippen LogP contribution is -2.32. The first-order chi connectivity index (χ1) is 18.1. The summed E-state index contributed by atoms with van der Waals surface area (Å²) in [7, 11) is -3.08. The summed E-state index contributed by atoms with van der Waals surface area (Å²) in [4.78, 5) is 51.4. The molecule has 1 heterocycles. The second-order valence-corrected chi connectivity index (χ2v) is 9.47. The first-order valence-corrected chi connectivity index (χ1v) is 12.6. The number of aromatic nitrogens is 1. The highest BCUT2D eigenvalue weighted by molar-refractivity contribution is 7.90. The highest BCUT2D eigenvalue weighted by Gasteiger charge is 2.20. The Hall–Kier alpha value is -4.65. The van der Waals surface area contributed by atoms with Gasteiger partial charge in [0.15, 0.2) is 0 Å². The van der Waals surface area contributed by atoms with E-state index in [-0.39, 0.29) is 34.8 Å². The van der Waals surface area contributed by atoms with E-state index >= 15 is 0 Å². The van der Waals surface area contributed by atoms with Crippen molar-refractivity contribution in [1.82, 2.24) is 20.3 Å². The van der Waals surface area contributed by atoms with Crippen LogP contribution in [0.25, 0.3) is 0 Å². The predicted molar refractivity (Wildman–Crippen MR) is 132 cm³/mol. The molecule has 0 saturated heterocycles. The summed E-state index contributed by atoms with van der Waals surface area (Å²) in [5.74, 6) is -3.16. The number of hydrogen-bond donors (Lipinski definition) is 3. The number of nitrogens with one attached hydrogen (secondary N) is 3. The van der Waals surface area contributed by atoms with Crippen LogP contribution < -0.4 is 15.4 Å². The molecule has 0 radical (unpaired) electrons. The van der Waals surface area contributed by atoms with Gasteiger partial charge in [-0.3, -0.25) is 24.2 Å². The van der Waals surface area contributed by atoms with Crippen LogP contribution in [0.3, 0.4) is 0 Å². The molecular weight excluding hydrogens is 519 g/mol. The summed E-state index contributed by atoms with van der Waals surface area (Å²) in [6.45, 7) is -0.172. The summed E-state index contributed by atoms with van der Waals surface area (Å²) >= 11 is 0. The molecule has 0 aliphatic rings. The highest BCUT2D eigenvalue weighted by Crippen LogP contribution is 2.13. The van der Waals surface area contributed by atoms with Crippen LogP contribution in [0.2, 0.25) is 0 Å². The molecule has 3 aromatic rings. The Kier molecular flexibility index (Phi) is 9.22. The van der Waals surface area contributed by atoms with E-state index < -0.39 is 39.5 Å². The summed E-state index contributed by atoms with van der Waals surface area (Å²) in [6.07, 6.45) is 1.33. The molecule has 3 rings (SSSR count). The lowest BCUT2D eigenvalue weighted by atomic mass is 10.1. The summed E-state index contributed by atoms with van der Waals surface area (Å²) in [6, 6.07) is 13.3. The van der Waals surface area contributed by atoms with E-state index in [2.05, 4.69) is 20.4 Å². The second kappa shape index (κ2) is 12.5. The van der Waals surface area contributed by atoms with Gasteiger partial charge in [-0.05, 0) is 60.5 Å². The van der Waals surface area contributed by atoms with Crippen molar-refractivity contribution in [2.75, 3.05) is 20.2 Å². The third-order valence-corrected chi connectivity index (χ3v) is 6.45. The van der Waals surface area contributed by atoms with Crippen molar-refractivity contribution in [3.8, 4) is 0 Å². The van der Waals surface area contributed by atoms with Gasteiger partial charge < -0.3 is 15.4 Å². The van der Waals surface area contributed by atoms with Gasteiger partial charge in [0, 0.05) is 18.3 Å². The van der Waals surface area contributed by atoms with Crippen LogP contribution in [-0.4, -0.2) is 57.3 Å². The fraction of sp³-hybridized carbons (Fsp3) is 0.160. The number of benzene rings is 2. The van der Waals surface area contributed by atoms with E-state index in [0.717, 1.165) is 6.20 Å². The Balaban J connectivity index is 1.58. The van der Waals surface area contributed by atoms with Crippen molar-refractivity contribution in [1.29, 1.82) is 0 Å². The summed E-state index contributed by atoms with van der Waals surface area (Å²) in [5.41, 5.74) is 0.670. The van der Waals surface area contributed by atoms with Crippen molar-refractivity contribution in [3.05, 3.63) is 95.1 Å². The molecule has 0 spiro atoms. The molecule has 198 valence electrons. The highest BCUT2D eigenvalue weighted by atomic mass is 32.2. The van der Waals surface area contributed by atoms with Crippen LogP contribution in [0.15, 0.2) is 71.8 Å². The summed E-state index contributed by atoms with van der Waals surface area (Å²) < 4.78 is 44.9. The Morgan fingerprint density at radius 1 is 0.895 bits per heavy atom. The monoisotopic (exact) mass is 542 g/mol. The molecule has 0 unspecified atom stereocenters. The zero-order valence-corrected chi connectivity index (χ0v) is 20.9. The first-order valence-electron chi connectivity index (χ1n) is 11.1. The van der Waals surface area contributed by atoms with Crippen molar-refractivity contribution < 1.29 is 36.7 Å². The third-order valence-electron chi connectivity index (χ3n) is 5.12. The molecule has 13 heteroatoms. The SMILES string of the molecule is COC(=O)CNC(=O)c1ccc(C(=O)NS(=O)(=O)c2cccc(CCNC(=O)c3ccc(F)cc3)c2)cn1. The number of esters is 1. The van der Waals surface area contributed by atoms with Gasteiger partial charge in [0.05, 0.1) is 17.6 Å². The Morgan fingerprint density at radius 2 is 1.61 bits per heavy atom. The number of pyridine rings is 1. The lowest BCUT2D eigenvalue weighted by molar-refractivity contribution is -0.139. The van der Waals surface area contributed by atoms with Crippen molar-refractivity contribution in [3.63, 3.8) is 0 Å². The van der Waals surface area contributed by atoms with Gasteiger partial charge >= 0.3 is 5.97 Å². The van der Waals surface area contributed by atoms with Crippen LogP contribution in [0.4, 0.5) is 4.39 Å². The van der Waals surface area contributed by atoms with Gasteiger partial charge in [0.25, 0.3) is 27.7 Å². The second-order valence-electron chi connectivity index (χ2n) is 7.79. The average molecular weight is 543 g/mol. The Morgan fingerprint density at radius 3 is 2.26 bits per heavy atom. The topological polar surface area (TPSA) is 161 Å². The molecule has 38 heavy (non-hydrogen) atoms. The van der Waals surface area contributed by atoms with Gasteiger partial charge in [-0.1, -0.05) is 12.1 Å². The lowest BCUT2D eigenvalue weighted by Gasteiger charge is -2.10. The van der Waals surface area contributed by atoms with Crippen molar-refractivity contribution in [2.24, 2.45) is 0 Å². The number of sulfonamides is 1. The minimum absolute atomic E-state index is 0.0902. The number of methoxy groups -OCH3 is 1. The number of halogens is 1. The molecule has 0 saturated carbocycles. The molecule has 0 bridgehead atoms. The van der Waals surface area contributed by atoms with Gasteiger partial charge in [-0.15, -0.1) is 0 Å². The Bertz CT molecular complexity index is 1440. The molecule has 3 amide bonds. The van der Waals surface area contributed by atoms with Gasteiger partial charge in [0.1, 0.15) is 18.1 Å². The number of carbonyl (C=O) groups is 4. The first kappa shape index (κ1) is 27.9. The van der Waals surface area contributed by atoms with Crippen LogP contribution in [0.5, 0.6) is 0 Å². The van der Waals surface area contributed by atoms with Crippen molar-refractivity contribution >= 4 is 33.7 Å².